The summed E-state index contributed by atoms with van der Waals surface area (Å²) in [6, 6.07) is 0.185. The molecule has 0 saturated carbocycles. The van der Waals surface area contributed by atoms with Gasteiger partial charge in [-0.2, -0.15) is 5.10 Å². The highest BCUT2D eigenvalue weighted by atomic mass is 32.1. The molecule has 22 heavy (non-hydrogen) atoms. The molecule has 2 N–H and O–H groups in total. The van der Waals surface area contributed by atoms with E-state index in [2.05, 4.69) is 27.6 Å². The van der Waals surface area contributed by atoms with E-state index in [0.29, 0.717) is 10.8 Å². The summed E-state index contributed by atoms with van der Waals surface area (Å²) in [5.41, 5.74) is 1.72. The van der Waals surface area contributed by atoms with E-state index >= 15 is 0 Å². The number of aromatic nitrogens is 3. The Morgan fingerprint density at radius 2 is 2.36 bits per heavy atom. The predicted molar refractivity (Wildman–Crippen MR) is 87.0 cm³/mol. The van der Waals surface area contributed by atoms with Gasteiger partial charge in [-0.1, -0.05) is 6.92 Å². The second-order valence-corrected chi connectivity index (χ2v) is 6.89. The molecule has 118 valence electrons. The number of carbonyl (C=O) groups excluding carboxylic acids is 1. The third-order valence-electron chi connectivity index (χ3n) is 4.10. The maximum Gasteiger partial charge on any atom is 0.263 e. The lowest BCUT2D eigenvalue weighted by Gasteiger charge is -2.30. The van der Waals surface area contributed by atoms with Gasteiger partial charge < -0.3 is 10.6 Å². The Balaban J connectivity index is 1.76. The van der Waals surface area contributed by atoms with Gasteiger partial charge in [-0.25, -0.2) is 4.98 Å². The van der Waals surface area contributed by atoms with E-state index in [0.717, 1.165) is 35.8 Å². The maximum atomic E-state index is 12.5. The van der Waals surface area contributed by atoms with Gasteiger partial charge >= 0.3 is 0 Å². The Labute approximate surface area is 133 Å². The molecule has 1 saturated heterocycles. The molecule has 7 heteroatoms. The molecule has 3 heterocycles. The zero-order valence-electron chi connectivity index (χ0n) is 13.1. The fraction of sp³-hybridized carbons (Fsp3) is 0.533. The van der Waals surface area contributed by atoms with Gasteiger partial charge in [0.1, 0.15) is 9.88 Å². The third-order valence-corrected chi connectivity index (χ3v) is 5.30. The molecular weight excluding hydrogens is 298 g/mol. The van der Waals surface area contributed by atoms with Gasteiger partial charge in [0.15, 0.2) is 0 Å². The van der Waals surface area contributed by atoms with Crippen LogP contribution in [0.1, 0.15) is 28.7 Å². The number of hydrogen-bond donors (Lipinski definition) is 2. The normalized spacial score (nSPS) is 21.8. The molecule has 1 amide bonds. The number of hydrogen-bond acceptors (Lipinski definition) is 5. The largest absolute Gasteiger partial charge is 0.347 e. The molecule has 0 bridgehead atoms. The number of thiazole rings is 1. The van der Waals surface area contributed by atoms with Gasteiger partial charge in [0.05, 0.1) is 11.9 Å². The van der Waals surface area contributed by atoms with Gasteiger partial charge in [-0.05, 0) is 25.8 Å². The minimum absolute atomic E-state index is 0.0225. The lowest BCUT2D eigenvalue weighted by Crippen LogP contribution is -2.50. The first-order valence-corrected chi connectivity index (χ1v) is 8.34. The molecule has 0 spiro atoms. The number of piperidine rings is 1. The van der Waals surface area contributed by atoms with Gasteiger partial charge in [-0.15, -0.1) is 11.3 Å². The van der Waals surface area contributed by atoms with Crippen LogP contribution in [0.3, 0.4) is 0 Å². The van der Waals surface area contributed by atoms with Gasteiger partial charge in [0.2, 0.25) is 0 Å². The molecule has 0 aliphatic carbocycles. The monoisotopic (exact) mass is 319 g/mol. The standard InChI is InChI=1S/C15H21N5OS/c1-9-4-5-16-7-12(9)19-14(21)13-10(2)18-15(22-13)11-6-17-20(3)8-11/h6,8-9,12,16H,4-5,7H2,1-3H3,(H,19,21). The van der Waals surface area contributed by atoms with E-state index < -0.39 is 0 Å². The Morgan fingerprint density at radius 1 is 1.55 bits per heavy atom. The predicted octanol–water partition coefficient (Wildman–Crippen LogP) is 1.58. The number of carbonyl (C=O) groups is 1. The van der Waals surface area contributed by atoms with E-state index in [1.54, 1.807) is 10.9 Å². The van der Waals surface area contributed by atoms with Crippen LogP contribution in [0.25, 0.3) is 10.6 Å². The highest BCUT2D eigenvalue weighted by Gasteiger charge is 2.25. The van der Waals surface area contributed by atoms with Crippen LogP contribution in [0.4, 0.5) is 0 Å². The summed E-state index contributed by atoms with van der Waals surface area (Å²) in [5, 5.41) is 11.5. The van der Waals surface area contributed by atoms with Crippen molar-refractivity contribution in [3.05, 3.63) is 23.0 Å². The van der Waals surface area contributed by atoms with E-state index in [1.807, 2.05) is 20.2 Å². The average Bonchev–Trinajstić information content (AvgIpc) is 3.07. The van der Waals surface area contributed by atoms with Crippen molar-refractivity contribution >= 4 is 17.2 Å². The first-order chi connectivity index (χ1) is 10.5. The zero-order valence-corrected chi connectivity index (χ0v) is 13.9. The molecule has 2 aromatic heterocycles. The SMILES string of the molecule is Cc1nc(-c2cnn(C)c2)sc1C(=O)NC1CNCCC1C. The van der Waals surface area contributed by atoms with Crippen molar-refractivity contribution < 1.29 is 4.79 Å². The smallest absolute Gasteiger partial charge is 0.263 e. The van der Waals surface area contributed by atoms with Crippen LogP contribution in [0.5, 0.6) is 0 Å². The lowest BCUT2D eigenvalue weighted by atomic mass is 9.95. The summed E-state index contributed by atoms with van der Waals surface area (Å²) >= 11 is 1.43. The molecule has 1 aliphatic heterocycles. The van der Waals surface area contributed by atoms with E-state index in [1.165, 1.54) is 11.3 Å². The quantitative estimate of drug-likeness (QED) is 0.901. The first kappa shape index (κ1) is 15.2. The summed E-state index contributed by atoms with van der Waals surface area (Å²) in [4.78, 5) is 17.7. The number of aryl methyl sites for hydroxylation is 2. The minimum Gasteiger partial charge on any atom is -0.347 e. The van der Waals surface area contributed by atoms with Gasteiger partial charge in [-0.3, -0.25) is 9.48 Å². The van der Waals surface area contributed by atoms with Gasteiger partial charge in [0.25, 0.3) is 5.91 Å². The Bertz CT molecular complexity index is 677. The Hall–Kier alpha value is -1.73. The molecular formula is C15H21N5OS. The highest BCUT2D eigenvalue weighted by molar-refractivity contribution is 7.17. The summed E-state index contributed by atoms with van der Waals surface area (Å²) in [5.74, 6) is 0.474. The molecule has 3 rings (SSSR count). The van der Waals surface area contributed by atoms with Crippen molar-refractivity contribution in [1.29, 1.82) is 0 Å². The van der Waals surface area contributed by atoms with Crippen molar-refractivity contribution in [2.45, 2.75) is 26.3 Å². The summed E-state index contributed by atoms with van der Waals surface area (Å²) in [7, 11) is 1.87. The molecule has 2 unspecified atom stereocenters. The van der Waals surface area contributed by atoms with Crippen LogP contribution < -0.4 is 10.6 Å². The van der Waals surface area contributed by atoms with Crippen molar-refractivity contribution in [2.24, 2.45) is 13.0 Å². The maximum absolute atomic E-state index is 12.5. The molecule has 1 aliphatic rings. The van der Waals surface area contributed by atoms with Crippen LogP contribution in [0.15, 0.2) is 12.4 Å². The van der Waals surface area contributed by atoms with Crippen molar-refractivity contribution in [2.75, 3.05) is 13.1 Å². The fourth-order valence-corrected chi connectivity index (χ4v) is 3.62. The van der Waals surface area contributed by atoms with E-state index in [-0.39, 0.29) is 11.9 Å². The fourth-order valence-electron chi connectivity index (χ4n) is 2.68. The summed E-state index contributed by atoms with van der Waals surface area (Å²) in [6.45, 7) is 5.93. The Kier molecular flexibility index (Phi) is 4.26. The highest BCUT2D eigenvalue weighted by Crippen LogP contribution is 2.27. The molecule has 2 atom stereocenters. The zero-order chi connectivity index (χ0) is 15.7. The molecule has 1 fully saturated rings. The number of nitrogens with zero attached hydrogens (tertiary/aromatic N) is 3. The van der Waals surface area contributed by atoms with Crippen LogP contribution in [0, 0.1) is 12.8 Å². The second kappa shape index (κ2) is 6.18. The van der Waals surface area contributed by atoms with Gasteiger partial charge in [0, 0.05) is 31.4 Å². The number of amides is 1. The molecule has 6 nitrogen and oxygen atoms in total. The van der Waals surface area contributed by atoms with Crippen LogP contribution >= 0.6 is 11.3 Å². The molecule has 0 aromatic carbocycles. The van der Waals surface area contributed by atoms with E-state index in [4.69, 9.17) is 0 Å². The second-order valence-electron chi connectivity index (χ2n) is 5.89. The number of nitrogens with one attached hydrogen (secondary N) is 2. The average molecular weight is 319 g/mol. The summed E-state index contributed by atoms with van der Waals surface area (Å²) in [6.07, 6.45) is 4.77. The van der Waals surface area contributed by atoms with Crippen LogP contribution in [-0.2, 0) is 7.05 Å². The van der Waals surface area contributed by atoms with Crippen LogP contribution in [-0.4, -0.2) is 39.8 Å². The lowest BCUT2D eigenvalue weighted by molar-refractivity contribution is 0.0918. The summed E-state index contributed by atoms with van der Waals surface area (Å²) < 4.78 is 1.74. The van der Waals surface area contributed by atoms with Crippen molar-refractivity contribution in [3.63, 3.8) is 0 Å². The number of rotatable bonds is 3. The Morgan fingerprint density at radius 3 is 3.05 bits per heavy atom. The van der Waals surface area contributed by atoms with E-state index in [9.17, 15) is 4.79 Å². The van der Waals surface area contributed by atoms with Crippen molar-refractivity contribution in [3.8, 4) is 10.6 Å². The first-order valence-electron chi connectivity index (χ1n) is 7.52. The molecule has 0 radical (unpaired) electrons. The molecule has 2 aromatic rings. The topological polar surface area (TPSA) is 71.8 Å². The minimum atomic E-state index is -0.0225. The van der Waals surface area contributed by atoms with Crippen LogP contribution in [0.2, 0.25) is 0 Å². The van der Waals surface area contributed by atoms with Crippen molar-refractivity contribution in [1.82, 2.24) is 25.4 Å². The third kappa shape index (κ3) is 3.05.